The molecule has 0 aliphatic carbocycles. The van der Waals surface area contributed by atoms with Gasteiger partial charge in [-0.3, -0.25) is 0 Å². The first-order chi connectivity index (χ1) is 8.15. The van der Waals surface area contributed by atoms with Gasteiger partial charge in [0.05, 0.1) is 6.54 Å². The molecule has 4 N–H and O–H groups in total. The molecule has 0 fully saturated rings. The van der Waals surface area contributed by atoms with Crippen LogP contribution in [0.5, 0.6) is 5.75 Å². The fourth-order valence-electron chi connectivity index (χ4n) is 1.44. The number of aromatic nitrogens is 1. The van der Waals surface area contributed by atoms with E-state index in [9.17, 15) is 4.79 Å². The number of benzene rings is 1. The van der Waals surface area contributed by atoms with Crippen molar-refractivity contribution in [2.24, 2.45) is 0 Å². The van der Waals surface area contributed by atoms with Crippen LogP contribution in [0.2, 0.25) is 0 Å². The number of aromatic carboxylic acids is 1. The molecule has 1 aromatic carbocycles. The molecule has 1 aromatic heterocycles. The van der Waals surface area contributed by atoms with E-state index in [0.29, 0.717) is 6.54 Å². The Kier molecular flexibility index (Phi) is 3.00. The number of carbonyl (C=O) groups is 1. The molecule has 0 radical (unpaired) electrons. The average molecular weight is 232 g/mol. The maximum Gasteiger partial charge on any atom is 0.352 e. The van der Waals surface area contributed by atoms with Crippen LogP contribution in [0.1, 0.15) is 16.2 Å². The van der Waals surface area contributed by atoms with Gasteiger partial charge >= 0.3 is 5.97 Å². The van der Waals surface area contributed by atoms with Gasteiger partial charge in [0.2, 0.25) is 0 Å². The molecule has 88 valence electrons. The summed E-state index contributed by atoms with van der Waals surface area (Å²) in [6, 6.07) is 9.90. The summed E-state index contributed by atoms with van der Waals surface area (Å²) in [4.78, 5) is 13.4. The number of nitrogens with one attached hydrogen (secondary N) is 2. The normalized spacial score (nSPS) is 10.1. The monoisotopic (exact) mass is 232 g/mol. The molecule has 0 saturated carbocycles. The lowest BCUT2D eigenvalue weighted by molar-refractivity contribution is 0.0691. The quantitative estimate of drug-likeness (QED) is 0.607. The summed E-state index contributed by atoms with van der Waals surface area (Å²) in [7, 11) is 0. The lowest BCUT2D eigenvalue weighted by Gasteiger charge is -2.04. The second-order valence-electron chi connectivity index (χ2n) is 3.60. The van der Waals surface area contributed by atoms with Gasteiger partial charge in [0.1, 0.15) is 11.4 Å². The highest BCUT2D eigenvalue weighted by molar-refractivity contribution is 5.85. The molecule has 0 spiro atoms. The largest absolute Gasteiger partial charge is 0.508 e. The molecule has 17 heavy (non-hydrogen) atoms. The second kappa shape index (κ2) is 4.61. The van der Waals surface area contributed by atoms with Crippen molar-refractivity contribution in [1.82, 2.24) is 4.98 Å². The van der Waals surface area contributed by atoms with Crippen LogP contribution in [0.25, 0.3) is 0 Å². The molecule has 5 nitrogen and oxygen atoms in total. The maximum absolute atomic E-state index is 10.6. The van der Waals surface area contributed by atoms with Gasteiger partial charge in [-0.05, 0) is 36.4 Å². The number of carboxylic acid groups (broad SMARTS) is 1. The van der Waals surface area contributed by atoms with Crippen molar-refractivity contribution in [2.75, 3.05) is 5.32 Å². The molecule has 0 saturated heterocycles. The Morgan fingerprint density at radius 1 is 1.18 bits per heavy atom. The van der Waals surface area contributed by atoms with E-state index in [0.717, 1.165) is 11.4 Å². The van der Waals surface area contributed by atoms with Crippen molar-refractivity contribution < 1.29 is 15.0 Å². The van der Waals surface area contributed by atoms with Gasteiger partial charge in [-0.2, -0.15) is 0 Å². The number of H-pyrrole nitrogens is 1. The van der Waals surface area contributed by atoms with Crippen LogP contribution < -0.4 is 5.32 Å². The molecule has 0 amide bonds. The van der Waals surface area contributed by atoms with Crippen molar-refractivity contribution in [1.29, 1.82) is 0 Å². The molecule has 2 rings (SSSR count). The van der Waals surface area contributed by atoms with Crippen molar-refractivity contribution in [3.63, 3.8) is 0 Å². The topological polar surface area (TPSA) is 85.3 Å². The smallest absolute Gasteiger partial charge is 0.352 e. The van der Waals surface area contributed by atoms with E-state index >= 15 is 0 Å². The third-order valence-corrected chi connectivity index (χ3v) is 2.33. The first-order valence-corrected chi connectivity index (χ1v) is 5.09. The van der Waals surface area contributed by atoms with Crippen LogP contribution >= 0.6 is 0 Å². The van der Waals surface area contributed by atoms with Gasteiger partial charge in [0.15, 0.2) is 0 Å². The highest BCUT2D eigenvalue weighted by Gasteiger charge is 2.05. The van der Waals surface area contributed by atoms with Crippen LogP contribution in [0, 0.1) is 0 Å². The van der Waals surface area contributed by atoms with Gasteiger partial charge in [-0.25, -0.2) is 4.79 Å². The van der Waals surface area contributed by atoms with Gasteiger partial charge in [0.25, 0.3) is 0 Å². The maximum atomic E-state index is 10.6. The first-order valence-electron chi connectivity index (χ1n) is 5.09. The highest BCUT2D eigenvalue weighted by Crippen LogP contribution is 2.14. The van der Waals surface area contributed by atoms with Crippen LogP contribution in [-0.4, -0.2) is 21.2 Å². The van der Waals surface area contributed by atoms with Gasteiger partial charge in [-0.15, -0.1) is 0 Å². The standard InChI is InChI=1S/C12H12N2O3/c15-10-4-1-8(2-5-10)13-7-9-3-6-11(14-9)12(16)17/h1-6,13-15H,7H2,(H,16,17). The number of anilines is 1. The minimum atomic E-state index is -0.971. The fourth-order valence-corrected chi connectivity index (χ4v) is 1.44. The highest BCUT2D eigenvalue weighted by atomic mass is 16.4. The molecular weight excluding hydrogens is 220 g/mol. The minimum Gasteiger partial charge on any atom is -0.508 e. The molecule has 0 unspecified atom stereocenters. The van der Waals surface area contributed by atoms with Crippen molar-refractivity contribution in [2.45, 2.75) is 6.54 Å². The van der Waals surface area contributed by atoms with Gasteiger partial charge in [-0.1, -0.05) is 0 Å². The number of hydrogen-bond acceptors (Lipinski definition) is 3. The zero-order valence-corrected chi connectivity index (χ0v) is 8.97. The van der Waals surface area contributed by atoms with Gasteiger partial charge < -0.3 is 20.5 Å². The zero-order chi connectivity index (χ0) is 12.3. The number of phenols is 1. The molecule has 0 aliphatic heterocycles. The molecule has 0 aliphatic rings. The van der Waals surface area contributed by atoms with E-state index < -0.39 is 5.97 Å². The predicted molar refractivity (Wildman–Crippen MR) is 63.2 cm³/mol. The number of aromatic hydroxyl groups is 1. The second-order valence-corrected chi connectivity index (χ2v) is 3.60. The Balaban J connectivity index is 1.97. The number of hydrogen-bond donors (Lipinski definition) is 4. The number of phenolic OH excluding ortho intramolecular Hbond substituents is 1. The van der Waals surface area contributed by atoms with Crippen LogP contribution in [0.15, 0.2) is 36.4 Å². The predicted octanol–water partition coefficient (Wildman–Crippen LogP) is 2.03. The number of rotatable bonds is 4. The lowest BCUT2D eigenvalue weighted by atomic mass is 10.3. The molecule has 0 bridgehead atoms. The van der Waals surface area contributed by atoms with Crippen LogP contribution in [0.4, 0.5) is 5.69 Å². The Hall–Kier alpha value is -2.43. The van der Waals surface area contributed by atoms with Crippen molar-refractivity contribution in [3.8, 4) is 5.75 Å². The third kappa shape index (κ3) is 2.78. The lowest BCUT2D eigenvalue weighted by Crippen LogP contribution is -2.01. The average Bonchev–Trinajstić information content (AvgIpc) is 2.77. The van der Waals surface area contributed by atoms with E-state index in [1.54, 1.807) is 30.3 Å². The Morgan fingerprint density at radius 3 is 2.47 bits per heavy atom. The van der Waals surface area contributed by atoms with E-state index in [4.69, 9.17) is 10.2 Å². The van der Waals surface area contributed by atoms with Crippen LogP contribution in [0.3, 0.4) is 0 Å². The van der Waals surface area contributed by atoms with E-state index in [2.05, 4.69) is 10.3 Å². The first kappa shape index (κ1) is 11.1. The molecule has 5 heteroatoms. The van der Waals surface area contributed by atoms with E-state index in [-0.39, 0.29) is 11.4 Å². The summed E-state index contributed by atoms with van der Waals surface area (Å²) < 4.78 is 0. The summed E-state index contributed by atoms with van der Waals surface area (Å²) in [5, 5.41) is 20.9. The summed E-state index contributed by atoms with van der Waals surface area (Å²) in [5.74, 6) is -0.760. The molecule has 1 heterocycles. The van der Waals surface area contributed by atoms with Crippen molar-refractivity contribution in [3.05, 3.63) is 47.8 Å². The zero-order valence-electron chi connectivity index (χ0n) is 8.97. The molecular formula is C12H12N2O3. The van der Waals surface area contributed by atoms with E-state index in [1.165, 1.54) is 6.07 Å². The molecule has 2 aromatic rings. The summed E-state index contributed by atoms with van der Waals surface area (Å²) in [6.07, 6.45) is 0. The summed E-state index contributed by atoms with van der Waals surface area (Å²) in [6.45, 7) is 0.498. The summed E-state index contributed by atoms with van der Waals surface area (Å²) in [5.41, 5.74) is 1.82. The van der Waals surface area contributed by atoms with Crippen molar-refractivity contribution >= 4 is 11.7 Å². The van der Waals surface area contributed by atoms with Gasteiger partial charge in [0, 0.05) is 11.4 Å². The SMILES string of the molecule is O=C(O)c1ccc(CNc2ccc(O)cc2)[nH]1. The Labute approximate surface area is 97.7 Å². The van der Waals surface area contributed by atoms with E-state index in [1.807, 2.05) is 0 Å². The minimum absolute atomic E-state index is 0.174. The fraction of sp³-hybridized carbons (Fsp3) is 0.0833. The Morgan fingerprint density at radius 2 is 1.88 bits per heavy atom. The number of carboxylic acids is 1. The van der Waals surface area contributed by atoms with Crippen LogP contribution in [-0.2, 0) is 6.54 Å². The Bertz CT molecular complexity index is 517. The number of aromatic amines is 1. The summed E-state index contributed by atoms with van der Waals surface area (Å²) >= 11 is 0. The third-order valence-electron chi connectivity index (χ3n) is 2.33. The molecule has 0 atom stereocenters.